The van der Waals surface area contributed by atoms with Crippen LogP contribution in [-0.2, 0) is 4.79 Å². The number of carboxylic acids is 1. The van der Waals surface area contributed by atoms with Crippen LogP contribution in [0.25, 0.3) is 0 Å². The smallest absolute Gasteiger partial charge is 0.320 e. The van der Waals surface area contributed by atoms with Crippen LogP contribution in [0, 0.1) is 11.8 Å². The molecule has 1 rings (SSSR count). The van der Waals surface area contributed by atoms with Crippen molar-refractivity contribution in [1.82, 2.24) is 5.32 Å². The predicted octanol–water partition coefficient (Wildman–Crippen LogP) is 1.48. The highest BCUT2D eigenvalue weighted by Gasteiger charge is 2.30. The van der Waals surface area contributed by atoms with Gasteiger partial charge in [0.25, 0.3) is 0 Å². The van der Waals surface area contributed by atoms with Crippen LogP contribution in [0.2, 0.25) is 0 Å². The Kier molecular flexibility index (Phi) is 3.31. The number of nitrogens with one attached hydrogen (secondary N) is 1. The molecule has 3 heteroatoms. The highest BCUT2D eigenvalue weighted by Crippen LogP contribution is 2.27. The molecule has 76 valence electrons. The fraction of sp³-hybridized carbons (Fsp3) is 0.900. The Bertz CT molecular complexity index is 185. The van der Waals surface area contributed by atoms with E-state index >= 15 is 0 Å². The summed E-state index contributed by atoms with van der Waals surface area (Å²) in [4.78, 5) is 10.8. The van der Waals surface area contributed by atoms with E-state index in [0.29, 0.717) is 6.04 Å². The van der Waals surface area contributed by atoms with Gasteiger partial charge in [-0.15, -0.1) is 0 Å². The minimum absolute atomic E-state index is 0.161. The molecule has 1 atom stereocenters. The quantitative estimate of drug-likeness (QED) is 0.697. The molecule has 0 amide bonds. The standard InChI is InChI=1S/C10H19NO2/c1-6(2)9(10(12)13)11-8-4-7(3)5-8/h6-9,11H,4-5H2,1-3H3,(H,12,13). The van der Waals surface area contributed by atoms with Crippen molar-refractivity contribution in [1.29, 1.82) is 0 Å². The van der Waals surface area contributed by atoms with E-state index in [9.17, 15) is 4.79 Å². The molecule has 0 spiro atoms. The molecule has 13 heavy (non-hydrogen) atoms. The third-order valence-corrected chi connectivity index (χ3v) is 2.72. The summed E-state index contributed by atoms with van der Waals surface area (Å²) in [5, 5.41) is 12.1. The topological polar surface area (TPSA) is 49.3 Å². The summed E-state index contributed by atoms with van der Waals surface area (Å²) in [6.07, 6.45) is 2.24. The molecule has 1 aliphatic carbocycles. The van der Waals surface area contributed by atoms with Crippen LogP contribution < -0.4 is 5.32 Å². The van der Waals surface area contributed by atoms with Gasteiger partial charge in [0.1, 0.15) is 6.04 Å². The molecule has 0 radical (unpaired) electrons. The molecule has 0 saturated heterocycles. The van der Waals surface area contributed by atoms with E-state index in [2.05, 4.69) is 12.2 Å². The Morgan fingerprint density at radius 1 is 1.46 bits per heavy atom. The zero-order valence-corrected chi connectivity index (χ0v) is 8.58. The van der Waals surface area contributed by atoms with E-state index in [0.717, 1.165) is 18.8 Å². The van der Waals surface area contributed by atoms with Crippen molar-refractivity contribution < 1.29 is 9.90 Å². The van der Waals surface area contributed by atoms with E-state index in [1.165, 1.54) is 0 Å². The van der Waals surface area contributed by atoms with Crippen LogP contribution in [0.1, 0.15) is 33.6 Å². The number of hydrogen-bond donors (Lipinski definition) is 2. The molecule has 0 aliphatic heterocycles. The van der Waals surface area contributed by atoms with Crippen LogP contribution in [0.4, 0.5) is 0 Å². The molecule has 1 unspecified atom stereocenters. The lowest BCUT2D eigenvalue weighted by molar-refractivity contribution is -0.141. The van der Waals surface area contributed by atoms with E-state index in [4.69, 9.17) is 5.11 Å². The third-order valence-electron chi connectivity index (χ3n) is 2.72. The number of rotatable bonds is 4. The molecular weight excluding hydrogens is 166 g/mol. The fourth-order valence-electron chi connectivity index (χ4n) is 1.84. The summed E-state index contributed by atoms with van der Waals surface area (Å²) < 4.78 is 0. The zero-order chi connectivity index (χ0) is 10.0. The number of hydrogen-bond acceptors (Lipinski definition) is 2. The van der Waals surface area contributed by atoms with Crippen molar-refractivity contribution in [2.45, 2.75) is 45.7 Å². The largest absolute Gasteiger partial charge is 0.480 e. The SMILES string of the molecule is CC1CC(NC(C(=O)O)C(C)C)C1. The fourth-order valence-corrected chi connectivity index (χ4v) is 1.84. The average molecular weight is 185 g/mol. The Labute approximate surface area is 79.5 Å². The van der Waals surface area contributed by atoms with Crippen LogP contribution in [0.3, 0.4) is 0 Å². The lowest BCUT2D eigenvalue weighted by Gasteiger charge is -2.36. The van der Waals surface area contributed by atoms with Crippen LogP contribution >= 0.6 is 0 Å². The Balaban J connectivity index is 2.35. The molecule has 0 heterocycles. The van der Waals surface area contributed by atoms with Gasteiger partial charge in [0.15, 0.2) is 0 Å². The second kappa shape index (κ2) is 4.09. The monoisotopic (exact) mass is 185 g/mol. The average Bonchev–Trinajstić information content (AvgIpc) is 1.93. The summed E-state index contributed by atoms with van der Waals surface area (Å²) in [7, 11) is 0. The maximum Gasteiger partial charge on any atom is 0.320 e. The van der Waals surface area contributed by atoms with Gasteiger partial charge in [-0.2, -0.15) is 0 Å². The van der Waals surface area contributed by atoms with Gasteiger partial charge in [-0.25, -0.2) is 0 Å². The van der Waals surface area contributed by atoms with E-state index in [1.54, 1.807) is 0 Å². The van der Waals surface area contributed by atoms with Crippen LogP contribution in [0.5, 0.6) is 0 Å². The molecule has 0 aromatic rings. The second-order valence-corrected chi connectivity index (χ2v) is 4.50. The van der Waals surface area contributed by atoms with Gasteiger partial charge < -0.3 is 10.4 Å². The van der Waals surface area contributed by atoms with Crippen molar-refractivity contribution in [3.63, 3.8) is 0 Å². The first-order valence-electron chi connectivity index (χ1n) is 4.99. The Morgan fingerprint density at radius 3 is 2.31 bits per heavy atom. The minimum atomic E-state index is -0.727. The zero-order valence-electron chi connectivity index (χ0n) is 8.58. The summed E-state index contributed by atoms with van der Waals surface area (Å²) in [6.45, 7) is 6.07. The lowest BCUT2D eigenvalue weighted by atomic mass is 9.81. The van der Waals surface area contributed by atoms with Gasteiger partial charge in [-0.3, -0.25) is 4.79 Å². The van der Waals surface area contributed by atoms with Gasteiger partial charge >= 0.3 is 5.97 Å². The lowest BCUT2D eigenvalue weighted by Crippen LogP contribution is -2.51. The minimum Gasteiger partial charge on any atom is -0.480 e. The van der Waals surface area contributed by atoms with Gasteiger partial charge in [0.2, 0.25) is 0 Å². The van der Waals surface area contributed by atoms with Gasteiger partial charge in [0.05, 0.1) is 0 Å². The molecular formula is C10H19NO2. The molecule has 0 aromatic carbocycles. The van der Waals surface area contributed by atoms with E-state index in [-0.39, 0.29) is 12.0 Å². The first-order chi connectivity index (χ1) is 6.00. The van der Waals surface area contributed by atoms with Gasteiger partial charge in [0, 0.05) is 6.04 Å². The first kappa shape index (κ1) is 10.5. The van der Waals surface area contributed by atoms with Gasteiger partial charge in [-0.05, 0) is 24.7 Å². The van der Waals surface area contributed by atoms with E-state index < -0.39 is 5.97 Å². The third kappa shape index (κ3) is 2.69. The summed E-state index contributed by atoms with van der Waals surface area (Å²) >= 11 is 0. The normalized spacial score (nSPS) is 29.8. The molecule has 0 aromatic heterocycles. The number of carboxylic acid groups (broad SMARTS) is 1. The van der Waals surface area contributed by atoms with Crippen molar-refractivity contribution >= 4 is 5.97 Å². The van der Waals surface area contributed by atoms with Gasteiger partial charge in [-0.1, -0.05) is 20.8 Å². The summed E-state index contributed by atoms with van der Waals surface area (Å²) in [5.41, 5.74) is 0. The van der Waals surface area contributed by atoms with Crippen molar-refractivity contribution in [3.05, 3.63) is 0 Å². The highest BCUT2D eigenvalue weighted by atomic mass is 16.4. The second-order valence-electron chi connectivity index (χ2n) is 4.50. The maximum absolute atomic E-state index is 10.8. The molecule has 1 saturated carbocycles. The van der Waals surface area contributed by atoms with Crippen molar-refractivity contribution in [2.75, 3.05) is 0 Å². The molecule has 2 N–H and O–H groups in total. The summed E-state index contributed by atoms with van der Waals surface area (Å²) in [5.74, 6) is 0.196. The molecule has 1 fully saturated rings. The van der Waals surface area contributed by atoms with Crippen molar-refractivity contribution in [3.8, 4) is 0 Å². The first-order valence-corrected chi connectivity index (χ1v) is 4.99. The predicted molar refractivity (Wildman–Crippen MR) is 51.6 cm³/mol. The van der Waals surface area contributed by atoms with Crippen molar-refractivity contribution in [2.24, 2.45) is 11.8 Å². The Morgan fingerprint density at radius 2 is 2.00 bits per heavy atom. The van der Waals surface area contributed by atoms with Crippen LogP contribution in [-0.4, -0.2) is 23.2 Å². The Hall–Kier alpha value is -0.570. The highest BCUT2D eigenvalue weighted by molar-refractivity contribution is 5.73. The number of carbonyl (C=O) groups is 1. The van der Waals surface area contributed by atoms with E-state index in [1.807, 2.05) is 13.8 Å². The van der Waals surface area contributed by atoms with Crippen LogP contribution in [0.15, 0.2) is 0 Å². The summed E-state index contributed by atoms with van der Waals surface area (Å²) in [6, 6.07) is 0.0519. The maximum atomic E-state index is 10.8. The molecule has 0 bridgehead atoms. The number of aliphatic carboxylic acids is 1. The molecule has 3 nitrogen and oxygen atoms in total. The molecule has 1 aliphatic rings.